The number of nitrogens with zero attached hydrogens (tertiary/aromatic N) is 1. The van der Waals surface area contributed by atoms with Crippen molar-refractivity contribution in [2.24, 2.45) is 0 Å². The number of carbonyl (C=O) groups excluding carboxylic acids is 1. The first kappa shape index (κ1) is 31.0. The van der Waals surface area contributed by atoms with Crippen molar-refractivity contribution in [1.29, 1.82) is 0 Å². The molecule has 0 radical (unpaired) electrons. The number of hydrogen-bond donors (Lipinski definition) is 4. The van der Waals surface area contributed by atoms with Crippen LogP contribution < -0.4 is 20.9 Å². The van der Waals surface area contributed by atoms with Crippen molar-refractivity contribution >= 4 is 13.7 Å². The lowest BCUT2D eigenvalue weighted by Gasteiger charge is -2.35. The number of rotatable bonds is 13. The van der Waals surface area contributed by atoms with Crippen LogP contribution in [0.5, 0.6) is 5.75 Å². The van der Waals surface area contributed by atoms with E-state index in [4.69, 9.17) is 24.9 Å². The number of hydrogen-bond acceptors (Lipinski definition) is 10. The fourth-order valence-corrected chi connectivity index (χ4v) is 4.83. The molecule has 0 aliphatic carbocycles. The summed E-state index contributed by atoms with van der Waals surface area (Å²) >= 11 is 0. The SMILES string of the molecule is C#C[C@@](O)([C@H](O)[C@@H](COP(=O)(NC(C)(C)C(=O)OC(C)C)Oc1ccccc1)OC)n1ccc(=O)[nH]c1=O. The average molecular weight is 554 g/mol. The molecule has 4 atom stereocenters. The zero-order valence-corrected chi connectivity index (χ0v) is 22.5. The molecule has 0 amide bonds. The summed E-state index contributed by atoms with van der Waals surface area (Å²) in [5, 5.41) is 24.4. The van der Waals surface area contributed by atoms with Crippen LogP contribution in [0, 0.1) is 12.3 Å². The van der Waals surface area contributed by atoms with Crippen LogP contribution in [0.25, 0.3) is 0 Å². The normalized spacial score (nSPS) is 16.5. The number of esters is 1. The quantitative estimate of drug-likeness (QED) is 0.156. The lowest BCUT2D eigenvalue weighted by Crippen LogP contribution is -2.56. The van der Waals surface area contributed by atoms with E-state index in [1.165, 1.54) is 26.0 Å². The van der Waals surface area contributed by atoms with Gasteiger partial charge in [-0.3, -0.25) is 23.7 Å². The summed E-state index contributed by atoms with van der Waals surface area (Å²) in [7, 11) is -3.26. The fourth-order valence-electron chi connectivity index (χ4n) is 3.15. The van der Waals surface area contributed by atoms with Crippen LogP contribution in [0.3, 0.4) is 0 Å². The van der Waals surface area contributed by atoms with E-state index >= 15 is 0 Å². The molecule has 0 spiro atoms. The third kappa shape index (κ3) is 7.64. The Morgan fingerprint density at radius 1 is 1.24 bits per heavy atom. The van der Waals surface area contributed by atoms with Crippen molar-refractivity contribution in [2.75, 3.05) is 13.7 Å². The molecule has 208 valence electrons. The van der Waals surface area contributed by atoms with Gasteiger partial charge in [0.25, 0.3) is 5.56 Å². The van der Waals surface area contributed by atoms with Crippen molar-refractivity contribution < 1.29 is 38.1 Å². The van der Waals surface area contributed by atoms with Crippen molar-refractivity contribution in [3.8, 4) is 18.1 Å². The van der Waals surface area contributed by atoms with Gasteiger partial charge in [-0.1, -0.05) is 18.2 Å². The molecule has 1 heterocycles. The smallest absolute Gasteiger partial charge is 0.459 e. The summed E-state index contributed by atoms with van der Waals surface area (Å²) in [6, 6.07) is 8.85. The third-order valence-electron chi connectivity index (χ3n) is 5.12. The first-order valence-corrected chi connectivity index (χ1v) is 12.9. The fraction of sp³-hybridized carbons (Fsp3) is 0.458. The maximum absolute atomic E-state index is 13.8. The molecule has 13 nitrogen and oxygen atoms in total. The molecule has 2 aromatic rings. The van der Waals surface area contributed by atoms with Crippen molar-refractivity contribution in [2.45, 2.75) is 57.3 Å². The van der Waals surface area contributed by atoms with Gasteiger partial charge in [0, 0.05) is 19.4 Å². The predicted molar refractivity (Wildman–Crippen MR) is 136 cm³/mol. The number of carbonyl (C=O) groups is 1. The zero-order chi connectivity index (χ0) is 28.7. The Morgan fingerprint density at radius 3 is 2.39 bits per heavy atom. The molecule has 0 bridgehead atoms. The summed E-state index contributed by atoms with van der Waals surface area (Å²) in [4.78, 5) is 38.2. The third-order valence-corrected chi connectivity index (χ3v) is 6.89. The molecule has 1 aromatic heterocycles. The van der Waals surface area contributed by atoms with E-state index in [-0.39, 0.29) is 5.75 Å². The van der Waals surface area contributed by atoms with Gasteiger partial charge in [0.2, 0.25) is 5.72 Å². The van der Waals surface area contributed by atoms with Gasteiger partial charge in [0.15, 0.2) is 0 Å². The number of para-hydroxylation sites is 1. The lowest BCUT2D eigenvalue weighted by atomic mass is 10.0. The highest BCUT2D eigenvalue weighted by atomic mass is 31.2. The van der Waals surface area contributed by atoms with Gasteiger partial charge >= 0.3 is 19.4 Å². The number of aromatic nitrogens is 2. The topological polar surface area (TPSA) is 178 Å². The number of methoxy groups -OCH3 is 1. The molecule has 2 rings (SSSR count). The monoisotopic (exact) mass is 553 g/mol. The molecule has 0 aliphatic rings. The maximum Gasteiger partial charge on any atom is 0.459 e. The second-order valence-corrected chi connectivity index (χ2v) is 10.6. The summed E-state index contributed by atoms with van der Waals surface area (Å²) in [5.74, 6) is 1.30. The Balaban J connectivity index is 2.36. The summed E-state index contributed by atoms with van der Waals surface area (Å²) in [6.07, 6.45) is 2.34. The average Bonchev–Trinajstić information content (AvgIpc) is 2.83. The van der Waals surface area contributed by atoms with Crippen LogP contribution in [0.15, 0.2) is 52.2 Å². The van der Waals surface area contributed by atoms with Crippen LogP contribution >= 0.6 is 7.75 Å². The van der Waals surface area contributed by atoms with Gasteiger partial charge in [-0.2, -0.15) is 5.09 Å². The molecule has 14 heteroatoms. The molecule has 0 saturated heterocycles. The van der Waals surface area contributed by atoms with Gasteiger partial charge in [-0.15, -0.1) is 6.42 Å². The number of aliphatic hydroxyl groups excluding tert-OH is 1. The van der Waals surface area contributed by atoms with Gasteiger partial charge in [-0.25, -0.2) is 9.36 Å². The van der Waals surface area contributed by atoms with Crippen LogP contribution in [0.4, 0.5) is 0 Å². The number of H-pyrrole nitrogens is 1. The molecular formula is C24H32N3O10P. The molecule has 1 aromatic carbocycles. The van der Waals surface area contributed by atoms with Crippen LogP contribution in [-0.4, -0.2) is 63.3 Å². The minimum Gasteiger partial charge on any atom is -0.462 e. The Bertz CT molecular complexity index is 1300. The standard InChI is InChI=1S/C24H32N3O10P/c1-7-24(32,27-14-13-19(28)25-22(27)31)20(29)18(34-6)15-35-38(33,37-17-11-9-8-10-12-17)26-23(4,5)21(30)36-16(2)3/h1,8-14,16,18,20,29,32H,15H2,2-6H3,(H,26,33)(H,25,28,31)/t18-,20-,24-,38?/m1/s1. The molecule has 0 saturated carbocycles. The summed E-state index contributed by atoms with van der Waals surface area (Å²) in [5.41, 5.74) is -6.12. The first-order chi connectivity index (χ1) is 17.7. The Hall–Kier alpha value is -3.24. The number of nitrogens with one attached hydrogen (secondary N) is 2. The number of benzene rings is 1. The molecule has 0 aliphatic heterocycles. The van der Waals surface area contributed by atoms with Crippen molar-refractivity contribution in [3.63, 3.8) is 0 Å². The maximum atomic E-state index is 13.8. The van der Waals surface area contributed by atoms with Gasteiger partial charge in [0.1, 0.15) is 23.5 Å². The minimum absolute atomic E-state index is 0.130. The Morgan fingerprint density at radius 2 is 1.87 bits per heavy atom. The van der Waals surface area contributed by atoms with Crippen molar-refractivity contribution in [1.82, 2.24) is 14.6 Å². The van der Waals surface area contributed by atoms with E-state index in [0.29, 0.717) is 4.57 Å². The first-order valence-electron chi connectivity index (χ1n) is 11.4. The number of aromatic amines is 1. The molecule has 1 unspecified atom stereocenters. The lowest BCUT2D eigenvalue weighted by molar-refractivity contribution is -0.155. The van der Waals surface area contributed by atoms with E-state index in [0.717, 1.165) is 19.4 Å². The van der Waals surface area contributed by atoms with Gasteiger partial charge in [0.05, 0.1) is 12.7 Å². The Kier molecular flexibility index (Phi) is 10.2. The molecule has 4 N–H and O–H groups in total. The number of terminal acetylenes is 1. The van der Waals surface area contributed by atoms with E-state index in [1.54, 1.807) is 32.0 Å². The van der Waals surface area contributed by atoms with Crippen molar-refractivity contribution in [3.05, 3.63) is 63.4 Å². The molecule has 38 heavy (non-hydrogen) atoms. The summed E-state index contributed by atoms with van der Waals surface area (Å²) < 4.78 is 35.9. The van der Waals surface area contributed by atoms with E-state index in [1.807, 2.05) is 10.9 Å². The number of ether oxygens (including phenoxy) is 2. The highest BCUT2D eigenvalue weighted by molar-refractivity contribution is 7.52. The number of aliphatic hydroxyl groups is 2. The van der Waals surface area contributed by atoms with Crippen LogP contribution in [-0.2, 0) is 29.1 Å². The Labute approximate surface area is 219 Å². The molecule has 0 fully saturated rings. The van der Waals surface area contributed by atoms with E-state index in [9.17, 15) is 29.2 Å². The second-order valence-electron chi connectivity index (χ2n) is 8.96. The zero-order valence-electron chi connectivity index (χ0n) is 21.6. The van der Waals surface area contributed by atoms with Gasteiger partial charge < -0.3 is 24.2 Å². The minimum atomic E-state index is -4.41. The van der Waals surface area contributed by atoms with Crippen LogP contribution in [0.2, 0.25) is 0 Å². The van der Waals surface area contributed by atoms with Crippen LogP contribution in [0.1, 0.15) is 27.7 Å². The highest BCUT2D eigenvalue weighted by Gasteiger charge is 2.45. The largest absolute Gasteiger partial charge is 0.462 e. The second kappa shape index (κ2) is 12.5. The van der Waals surface area contributed by atoms with Gasteiger partial charge in [-0.05, 0) is 45.7 Å². The molecular weight excluding hydrogens is 521 g/mol. The highest BCUT2D eigenvalue weighted by Crippen LogP contribution is 2.47. The summed E-state index contributed by atoms with van der Waals surface area (Å²) in [6.45, 7) is 5.41. The van der Waals surface area contributed by atoms with E-state index < -0.39 is 61.1 Å². The predicted octanol–water partition coefficient (Wildman–Crippen LogP) is 0.714. The van der Waals surface area contributed by atoms with E-state index in [2.05, 4.69) is 5.09 Å².